The van der Waals surface area contributed by atoms with Gasteiger partial charge in [-0.2, -0.15) is 0 Å². The molecule has 1 amide bonds. The minimum atomic E-state index is -3.86. The van der Waals surface area contributed by atoms with Crippen LogP contribution in [0.4, 0.5) is 0 Å². The van der Waals surface area contributed by atoms with Gasteiger partial charge in [-0.25, -0.2) is 13.6 Å². The van der Waals surface area contributed by atoms with E-state index < -0.39 is 10.0 Å². The van der Waals surface area contributed by atoms with E-state index in [-0.39, 0.29) is 21.8 Å². The van der Waals surface area contributed by atoms with Crippen LogP contribution in [0.3, 0.4) is 0 Å². The van der Waals surface area contributed by atoms with Gasteiger partial charge in [0, 0.05) is 6.54 Å². The summed E-state index contributed by atoms with van der Waals surface area (Å²) in [4.78, 5) is 12.2. The summed E-state index contributed by atoms with van der Waals surface area (Å²) in [6.07, 6.45) is 3.35. The normalized spacial score (nSPS) is 16.9. The van der Waals surface area contributed by atoms with Gasteiger partial charge in [0.1, 0.15) is 5.75 Å². The Morgan fingerprint density at radius 1 is 1.43 bits per heavy atom. The quantitative estimate of drug-likeness (QED) is 0.855. The second-order valence-corrected chi connectivity index (χ2v) is 7.32. The van der Waals surface area contributed by atoms with E-state index >= 15 is 0 Å². The molecule has 0 aliphatic heterocycles. The number of amides is 1. The smallest absolute Gasteiger partial charge is 0.255 e. The van der Waals surface area contributed by atoms with Crippen molar-refractivity contribution in [1.29, 1.82) is 0 Å². The molecule has 1 aliphatic rings. The van der Waals surface area contributed by atoms with Crippen molar-refractivity contribution in [2.45, 2.75) is 31.1 Å². The van der Waals surface area contributed by atoms with E-state index in [1.807, 2.05) is 0 Å². The SMILES string of the molecule is COc1ccc(S(N)(=O)=O)cc1C(=O)NCC1(C)CCC1. The first kappa shape index (κ1) is 15.8. The van der Waals surface area contributed by atoms with Gasteiger partial charge in [-0.15, -0.1) is 0 Å². The minimum Gasteiger partial charge on any atom is -0.496 e. The molecule has 1 aromatic rings. The van der Waals surface area contributed by atoms with Crippen molar-refractivity contribution in [3.8, 4) is 5.75 Å². The van der Waals surface area contributed by atoms with Crippen LogP contribution >= 0.6 is 0 Å². The highest BCUT2D eigenvalue weighted by atomic mass is 32.2. The summed E-state index contributed by atoms with van der Waals surface area (Å²) in [5, 5.41) is 7.93. The third kappa shape index (κ3) is 3.54. The molecule has 0 unspecified atom stereocenters. The largest absolute Gasteiger partial charge is 0.496 e. The Labute approximate surface area is 124 Å². The molecule has 0 spiro atoms. The first-order valence-corrected chi connectivity index (χ1v) is 8.29. The van der Waals surface area contributed by atoms with Crippen LogP contribution in [0.15, 0.2) is 23.1 Å². The number of ether oxygens (including phenoxy) is 1. The van der Waals surface area contributed by atoms with Crippen LogP contribution < -0.4 is 15.2 Å². The van der Waals surface area contributed by atoms with Crippen LogP contribution in [0.25, 0.3) is 0 Å². The fourth-order valence-electron chi connectivity index (χ4n) is 2.39. The van der Waals surface area contributed by atoms with Crippen molar-refractivity contribution in [3.63, 3.8) is 0 Å². The number of primary sulfonamides is 1. The Hall–Kier alpha value is -1.60. The van der Waals surface area contributed by atoms with Gasteiger partial charge in [0.2, 0.25) is 10.0 Å². The number of hydrogen-bond acceptors (Lipinski definition) is 4. The zero-order valence-corrected chi connectivity index (χ0v) is 13.0. The number of sulfonamides is 1. The Morgan fingerprint density at radius 2 is 2.10 bits per heavy atom. The number of nitrogens with one attached hydrogen (secondary N) is 1. The van der Waals surface area contributed by atoms with E-state index in [1.165, 1.54) is 31.7 Å². The molecule has 0 aromatic heterocycles. The van der Waals surface area contributed by atoms with E-state index in [2.05, 4.69) is 12.2 Å². The van der Waals surface area contributed by atoms with Gasteiger partial charge in [-0.05, 0) is 36.5 Å². The van der Waals surface area contributed by atoms with Crippen LogP contribution in [-0.2, 0) is 10.0 Å². The summed E-state index contributed by atoms with van der Waals surface area (Å²) >= 11 is 0. The van der Waals surface area contributed by atoms with Gasteiger partial charge in [-0.3, -0.25) is 4.79 Å². The maximum atomic E-state index is 12.3. The third-order valence-electron chi connectivity index (χ3n) is 3.98. The number of rotatable bonds is 5. The highest BCUT2D eigenvalue weighted by Gasteiger charge is 2.32. The van der Waals surface area contributed by atoms with Crippen molar-refractivity contribution in [2.24, 2.45) is 10.6 Å². The molecule has 6 nitrogen and oxygen atoms in total. The van der Waals surface area contributed by atoms with E-state index in [4.69, 9.17) is 9.88 Å². The summed E-state index contributed by atoms with van der Waals surface area (Å²) < 4.78 is 27.9. The van der Waals surface area contributed by atoms with Crippen molar-refractivity contribution >= 4 is 15.9 Å². The highest BCUT2D eigenvalue weighted by Crippen LogP contribution is 2.39. The van der Waals surface area contributed by atoms with Gasteiger partial charge in [0.25, 0.3) is 5.91 Å². The summed E-state index contributed by atoms with van der Waals surface area (Å²) in [7, 11) is -2.43. The summed E-state index contributed by atoms with van der Waals surface area (Å²) in [5.41, 5.74) is 0.312. The summed E-state index contributed by atoms with van der Waals surface area (Å²) in [6.45, 7) is 2.68. The molecular weight excluding hydrogens is 292 g/mol. The van der Waals surface area contributed by atoms with Crippen molar-refractivity contribution < 1.29 is 17.9 Å². The van der Waals surface area contributed by atoms with Crippen LogP contribution in [0.5, 0.6) is 5.75 Å². The molecule has 1 aromatic carbocycles. The zero-order valence-electron chi connectivity index (χ0n) is 12.2. The van der Waals surface area contributed by atoms with Gasteiger partial charge >= 0.3 is 0 Å². The first-order chi connectivity index (χ1) is 9.75. The molecule has 2 rings (SSSR count). The highest BCUT2D eigenvalue weighted by molar-refractivity contribution is 7.89. The zero-order chi connectivity index (χ0) is 15.7. The maximum absolute atomic E-state index is 12.3. The monoisotopic (exact) mass is 312 g/mol. The lowest BCUT2D eigenvalue weighted by atomic mass is 9.70. The van der Waals surface area contributed by atoms with Crippen LogP contribution in [0, 0.1) is 5.41 Å². The van der Waals surface area contributed by atoms with Gasteiger partial charge in [0.05, 0.1) is 17.6 Å². The summed E-state index contributed by atoms with van der Waals surface area (Å²) in [5.74, 6) is -0.0378. The lowest BCUT2D eigenvalue weighted by Gasteiger charge is -2.38. The number of benzene rings is 1. The predicted molar refractivity (Wildman–Crippen MR) is 78.7 cm³/mol. The fraction of sp³-hybridized carbons (Fsp3) is 0.500. The van der Waals surface area contributed by atoms with Gasteiger partial charge in [0.15, 0.2) is 0 Å². The third-order valence-corrected chi connectivity index (χ3v) is 4.89. The molecule has 1 saturated carbocycles. The molecular formula is C14H20N2O4S. The minimum absolute atomic E-state index is 0.108. The summed E-state index contributed by atoms with van der Waals surface area (Å²) in [6, 6.07) is 3.99. The molecule has 0 heterocycles. The van der Waals surface area contributed by atoms with E-state index in [0.717, 1.165) is 12.8 Å². The number of hydrogen-bond donors (Lipinski definition) is 2. The number of carbonyl (C=O) groups excluding carboxylic acids is 1. The molecule has 0 radical (unpaired) electrons. The van der Waals surface area contributed by atoms with Crippen LogP contribution in [-0.4, -0.2) is 28.0 Å². The first-order valence-electron chi connectivity index (χ1n) is 6.74. The van der Waals surface area contributed by atoms with Crippen molar-refractivity contribution in [2.75, 3.05) is 13.7 Å². The predicted octanol–water partition coefficient (Wildman–Crippen LogP) is 1.26. The molecule has 7 heteroatoms. The number of methoxy groups -OCH3 is 1. The second-order valence-electron chi connectivity index (χ2n) is 5.75. The topological polar surface area (TPSA) is 98.5 Å². The Kier molecular flexibility index (Phi) is 4.25. The molecule has 21 heavy (non-hydrogen) atoms. The molecule has 0 atom stereocenters. The van der Waals surface area contributed by atoms with Gasteiger partial charge < -0.3 is 10.1 Å². The molecule has 0 bridgehead atoms. The number of carbonyl (C=O) groups is 1. The standard InChI is InChI=1S/C14H20N2O4S/c1-14(6-3-7-14)9-16-13(17)11-8-10(21(15,18)19)4-5-12(11)20-2/h4-5,8H,3,6-7,9H2,1-2H3,(H,16,17)(H2,15,18,19). The van der Waals surface area contributed by atoms with Crippen LogP contribution in [0.2, 0.25) is 0 Å². The second kappa shape index (κ2) is 5.65. The van der Waals surface area contributed by atoms with Crippen molar-refractivity contribution in [1.82, 2.24) is 5.32 Å². The fourth-order valence-corrected chi connectivity index (χ4v) is 2.93. The molecule has 3 N–H and O–H groups in total. The maximum Gasteiger partial charge on any atom is 0.255 e. The molecule has 116 valence electrons. The molecule has 1 fully saturated rings. The van der Waals surface area contributed by atoms with E-state index in [0.29, 0.717) is 12.3 Å². The van der Waals surface area contributed by atoms with E-state index in [9.17, 15) is 13.2 Å². The van der Waals surface area contributed by atoms with E-state index in [1.54, 1.807) is 0 Å². The Morgan fingerprint density at radius 3 is 2.57 bits per heavy atom. The van der Waals surface area contributed by atoms with Crippen molar-refractivity contribution in [3.05, 3.63) is 23.8 Å². The Bertz CT molecular complexity index is 651. The average molecular weight is 312 g/mol. The lowest BCUT2D eigenvalue weighted by Crippen LogP contribution is -2.40. The molecule has 0 saturated heterocycles. The number of nitrogens with two attached hydrogens (primary N) is 1. The average Bonchev–Trinajstić information content (AvgIpc) is 2.41. The van der Waals surface area contributed by atoms with Gasteiger partial charge in [-0.1, -0.05) is 13.3 Å². The Balaban J connectivity index is 2.21. The van der Waals surface area contributed by atoms with Crippen LogP contribution in [0.1, 0.15) is 36.5 Å². The lowest BCUT2D eigenvalue weighted by molar-refractivity contribution is 0.0887. The molecule has 1 aliphatic carbocycles.